The number of benzene rings is 1. The van der Waals surface area contributed by atoms with Gasteiger partial charge in [0.15, 0.2) is 0 Å². The minimum Gasteiger partial charge on any atom is -0.352 e. The summed E-state index contributed by atoms with van der Waals surface area (Å²) in [5.41, 5.74) is -1.16. The number of ether oxygens (including phenoxy) is 1. The van der Waals surface area contributed by atoms with Crippen molar-refractivity contribution in [2.75, 3.05) is 5.32 Å². The lowest BCUT2D eigenvalue weighted by Crippen LogP contribution is -2.63. The topological polar surface area (TPSA) is 50.4 Å². The van der Waals surface area contributed by atoms with Gasteiger partial charge in [-0.1, -0.05) is 25.5 Å². The van der Waals surface area contributed by atoms with Gasteiger partial charge in [0.05, 0.1) is 6.10 Å². The Balaban J connectivity index is 1.48. The number of urea groups is 1. The standard InChI is InChI=1S/C16H19F5N2O2S/c17-26(18,19,20,21)14-3-1-2-12(7-14)22-15(24)23-16-8-10-4-11(9-16)6-13(5-10)25-16/h1-3,7,10-11,13H,4-6,8-9H2,(H2,22,23,24). The van der Waals surface area contributed by atoms with Crippen molar-refractivity contribution in [1.82, 2.24) is 5.32 Å². The fourth-order valence-electron chi connectivity index (χ4n) is 4.68. The van der Waals surface area contributed by atoms with Gasteiger partial charge in [-0.3, -0.25) is 0 Å². The maximum Gasteiger partial charge on any atom is 0.321 e. The van der Waals surface area contributed by atoms with Gasteiger partial charge < -0.3 is 15.4 Å². The van der Waals surface area contributed by atoms with Crippen molar-refractivity contribution in [2.24, 2.45) is 11.8 Å². The number of hydrogen-bond donors (Lipinski definition) is 2. The minimum absolute atomic E-state index is 0.0954. The Morgan fingerprint density at radius 3 is 2.31 bits per heavy atom. The molecular formula is C16H19F5N2O2S. The molecule has 2 aliphatic heterocycles. The van der Waals surface area contributed by atoms with Crippen LogP contribution in [0.4, 0.5) is 29.9 Å². The molecule has 2 saturated heterocycles. The fourth-order valence-corrected chi connectivity index (χ4v) is 5.36. The third kappa shape index (κ3) is 3.48. The molecule has 2 N–H and O–H groups in total. The highest BCUT2D eigenvalue weighted by Gasteiger charge is 2.65. The van der Waals surface area contributed by atoms with E-state index >= 15 is 0 Å². The third-order valence-corrected chi connectivity index (χ3v) is 6.51. The number of halogens is 5. The molecule has 4 bridgehead atoms. The van der Waals surface area contributed by atoms with Crippen molar-refractivity contribution < 1.29 is 29.0 Å². The first-order valence-electron chi connectivity index (χ1n) is 8.41. The van der Waals surface area contributed by atoms with Crippen molar-refractivity contribution in [3.8, 4) is 0 Å². The van der Waals surface area contributed by atoms with E-state index in [1.807, 2.05) is 0 Å². The summed E-state index contributed by atoms with van der Waals surface area (Å²) in [4.78, 5) is 10.2. The average Bonchev–Trinajstić information content (AvgIpc) is 2.42. The highest BCUT2D eigenvalue weighted by molar-refractivity contribution is 8.45. The number of carbonyl (C=O) groups is 1. The molecule has 0 aromatic heterocycles. The predicted molar refractivity (Wildman–Crippen MR) is 87.7 cm³/mol. The van der Waals surface area contributed by atoms with Crippen LogP contribution in [0.2, 0.25) is 0 Å². The van der Waals surface area contributed by atoms with Crippen LogP contribution in [-0.2, 0) is 4.74 Å². The Bertz CT molecular complexity index is 732. The first kappa shape index (κ1) is 17.8. The molecule has 4 aliphatic rings. The summed E-state index contributed by atoms with van der Waals surface area (Å²) in [5.74, 6) is 0.941. The average molecular weight is 398 g/mol. The monoisotopic (exact) mass is 398 g/mol. The molecule has 0 radical (unpaired) electrons. The van der Waals surface area contributed by atoms with E-state index in [9.17, 15) is 24.2 Å². The van der Waals surface area contributed by atoms with Crippen LogP contribution in [0.1, 0.15) is 32.1 Å². The number of amides is 2. The minimum atomic E-state index is -9.79. The Hall–Kier alpha value is -1.55. The first-order valence-corrected chi connectivity index (χ1v) is 10.4. The van der Waals surface area contributed by atoms with Crippen LogP contribution >= 0.6 is 10.2 Å². The van der Waals surface area contributed by atoms with E-state index in [1.54, 1.807) is 0 Å². The molecule has 2 aliphatic carbocycles. The molecule has 4 fully saturated rings. The van der Waals surface area contributed by atoms with Gasteiger partial charge in [-0.25, -0.2) is 4.79 Å². The maximum absolute atomic E-state index is 12.9. The number of hydrogen-bond acceptors (Lipinski definition) is 2. The molecule has 2 heterocycles. The summed E-state index contributed by atoms with van der Waals surface area (Å²) in [6, 6.07) is 1.76. The van der Waals surface area contributed by atoms with Gasteiger partial charge in [0.25, 0.3) is 0 Å². The van der Waals surface area contributed by atoms with Crippen molar-refractivity contribution in [2.45, 2.75) is 48.8 Å². The van der Waals surface area contributed by atoms with Crippen LogP contribution < -0.4 is 10.6 Å². The largest absolute Gasteiger partial charge is 0.352 e. The van der Waals surface area contributed by atoms with Crippen molar-refractivity contribution in [3.05, 3.63) is 24.3 Å². The van der Waals surface area contributed by atoms with Gasteiger partial charge in [0.2, 0.25) is 0 Å². The molecule has 1 aromatic carbocycles. The van der Waals surface area contributed by atoms with Gasteiger partial charge in [-0.15, -0.1) is 0 Å². The zero-order valence-electron chi connectivity index (χ0n) is 13.7. The zero-order valence-corrected chi connectivity index (χ0v) is 14.5. The van der Waals surface area contributed by atoms with E-state index in [0.717, 1.165) is 31.4 Å². The molecule has 4 nitrogen and oxygen atoms in total. The smallest absolute Gasteiger partial charge is 0.321 e. The summed E-state index contributed by atoms with van der Waals surface area (Å²) in [6.07, 6.45) is 4.47. The lowest BCUT2D eigenvalue weighted by Gasteiger charge is -2.56. The third-order valence-electron chi connectivity index (χ3n) is 5.37. The van der Waals surface area contributed by atoms with Crippen LogP contribution in [0.3, 0.4) is 0 Å². The molecule has 26 heavy (non-hydrogen) atoms. The quantitative estimate of drug-likeness (QED) is 0.635. The Morgan fingerprint density at radius 1 is 1.08 bits per heavy atom. The Morgan fingerprint density at radius 2 is 1.73 bits per heavy atom. The molecule has 2 unspecified atom stereocenters. The van der Waals surface area contributed by atoms with Crippen LogP contribution in [0.25, 0.3) is 0 Å². The van der Waals surface area contributed by atoms with E-state index in [0.29, 0.717) is 30.7 Å². The summed E-state index contributed by atoms with van der Waals surface area (Å²) in [7, 11) is -9.79. The van der Waals surface area contributed by atoms with Gasteiger partial charge in [0, 0.05) is 5.69 Å². The molecule has 10 heteroatoms. The maximum atomic E-state index is 12.9. The summed E-state index contributed by atoms with van der Waals surface area (Å²) in [5, 5.41) is 4.94. The van der Waals surface area contributed by atoms with E-state index in [4.69, 9.17) is 4.74 Å². The predicted octanol–water partition coefficient (Wildman–Crippen LogP) is 5.77. The summed E-state index contributed by atoms with van der Waals surface area (Å²) >= 11 is 0. The van der Waals surface area contributed by atoms with Gasteiger partial charge in [-0.2, -0.15) is 0 Å². The van der Waals surface area contributed by atoms with Gasteiger partial charge >= 0.3 is 16.3 Å². The Labute approximate surface area is 147 Å². The lowest BCUT2D eigenvalue weighted by molar-refractivity contribution is -0.227. The normalized spacial score (nSPS) is 35.5. The number of carbonyl (C=O) groups excluding carboxylic acids is 1. The molecule has 146 valence electrons. The van der Waals surface area contributed by atoms with Crippen LogP contribution in [0.5, 0.6) is 0 Å². The number of rotatable bonds is 3. The SMILES string of the molecule is O=C(Nc1cccc(S(F)(F)(F)(F)F)c1)NC12CC3CC(CC(C3)O1)C2. The first-order chi connectivity index (χ1) is 11.8. The highest BCUT2D eigenvalue weighted by Crippen LogP contribution is 3.02. The fraction of sp³-hybridized carbons (Fsp3) is 0.562. The second-order valence-corrected chi connectivity index (χ2v) is 10.1. The molecule has 5 rings (SSSR count). The van der Waals surface area contributed by atoms with Crippen molar-refractivity contribution >= 4 is 21.9 Å². The molecular weight excluding hydrogens is 379 g/mol. The number of nitrogens with one attached hydrogen (secondary N) is 2. The molecule has 0 spiro atoms. The number of anilines is 1. The van der Waals surface area contributed by atoms with Crippen LogP contribution in [0.15, 0.2) is 29.2 Å². The second kappa shape index (κ2) is 4.83. The Kier molecular flexibility index (Phi) is 3.32. The van der Waals surface area contributed by atoms with E-state index in [1.165, 1.54) is 0 Å². The molecule has 1 aromatic rings. The molecule has 2 amide bonds. The van der Waals surface area contributed by atoms with E-state index in [2.05, 4.69) is 10.6 Å². The second-order valence-electron chi connectivity index (χ2n) is 7.66. The van der Waals surface area contributed by atoms with E-state index < -0.39 is 26.9 Å². The van der Waals surface area contributed by atoms with Crippen LogP contribution in [-0.4, -0.2) is 17.9 Å². The molecule has 2 saturated carbocycles. The van der Waals surface area contributed by atoms with Gasteiger partial charge in [0.1, 0.15) is 10.6 Å². The lowest BCUT2D eigenvalue weighted by atomic mass is 9.65. The summed E-state index contributed by atoms with van der Waals surface area (Å²) in [6.45, 7) is 0. The molecule has 2 atom stereocenters. The van der Waals surface area contributed by atoms with Gasteiger partial charge in [-0.05, 0) is 62.1 Å². The van der Waals surface area contributed by atoms with E-state index in [-0.39, 0.29) is 17.9 Å². The summed E-state index contributed by atoms with van der Waals surface area (Å²) < 4.78 is 70.5. The van der Waals surface area contributed by atoms with Crippen molar-refractivity contribution in [3.63, 3.8) is 0 Å². The van der Waals surface area contributed by atoms with Crippen molar-refractivity contribution in [1.29, 1.82) is 0 Å². The van der Waals surface area contributed by atoms with Crippen LogP contribution in [0, 0.1) is 11.8 Å². The highest BCUT2D eigenvalue weighted by atomic mass is 32.5. The zero-order chi connectivity index (χ0) is 18.9.